The van der Waals surface area contributed by atoms with Crippen LogP contribution in [0.1, 0.15) is 47.2 Å². The Bertz CT molecular complexity index is 2490. The molecule has 0 radical (unpaired) electrons. The smallest absolute Gasteiger partial charge is 0.269 e. The summed E-state index contributed by atoms with van der Waals surface area (Å²) in [4.78, 5) is 25.2. The molecule has 0 aliphatic carbocycles. The van der Waals surface area contributed by atoms with Crippen molar-refractivity contribution in [2.24, 2.45) is 20.5 Å². The second kappa shape index (κ2) is 15.1. The largest absolute Gasteiger partial charge is 0.493 e. The van der Waals surface area contributed by atoms with Gasteiger partial charge in [-0.3, -0.25) is 27.8 Å². The first-order chi connectivity index (χ1) is 24.5. The molecule has 0 atom stereocenters. The SMILES string of the molecule is CCn1c(O)c(/N=N/c2ccc(S(=O)(=O)c3ccc(/N=N/c4c(C)c(CS(=O)(=O)O)c(=O)n(CC)c4O)c(C)c3)cc2C)c(C)c(CS(=O)(=O)O)c1=O. The Morgan fingerprint density at radius 1 is 0.585 bits per heavy atom. The minimum Gasteiger partial charge on any atom is -0.493 e. The highest BCUT2D eigenvalue weighted by molar-refractivity contribution is 7.91. The molecule has 18 nitrogen and oxygen atoms in total. The van der Waals surface area contributed by atoms with Gasteiger partial charge in [-0.15, -0.1) is 10.2 Å². The fourth-order valence-electron chi connectivity index (χ4n) is 5.41. The lowest BCUT2D eigenvalue weighted by atomic mass is 10.1. The molecule has 2 aromatic heterocycles. The van der Waals surface area contributed by atoms with Gasteiger partial charge >= 0.3 is 0 Å². The summed E-state index contributed by atoms with van der Waals surface area (Å²) in [7, 11) is -13.3. The zero-order valence-electron chi connectivity index (χ0n) is 29.3. The molecule has 4 rings (SSSR count). The standard InChI is InChI=1S/C32H36N6O12S3/c1-7-37-29(39)23(15-51(43,44)45)19(5)27(31(37)41)35-33-25-11-9-21(13-17(25)3)53(49,50)22-10-12-26(18(4)14-22)34-36-28-20(6)24(16-52(46,47)48)30(40)38(8-2)32(28)42/h9-14,41-42H,7-8,15-16H2,1-6H3,(H,43,44,45)(H,46,47,48)/b35-33+,36-34+. The van der Waals surface area contributed by atoms with Crippen LogP contribution in [0.3, 0.4) is 0 Å². The number of pyridine rings is 2. The molecule has 0 fully saturated rings. The topological polar surface area (TPSA) is 277 Å². The minimum atomic E-state index is -4.60. The summed E-state index contributed by atoms with van der Waals surface area (Å²) < 4.78 is 93.9. The van der Waals surface area contributed by atoms with E-state index in [1.165, 1.54) is 64.1 Å². The lowest BCUT2D eigenvalue weighted by Crippen LogP contribution is -2.26. The third kappa shape index (κ3) is 8.60. The molecule has 53 heavy (non-hydrogen) atoms. The lowest BCUT2D eigenvalue weighted by molar-refractivity contribution is 0.410. The van der Waals surface area contributed by atoms with Gasteiger partial charge in [0.05, 0.1) is 21.2 Å². The predicted octanol–water partition coefficient (Wildman–Crippen LogP) is 5.13. The number of aryl methyl sites for hydroxylation is 2. The van der Waals surface area contributed by atoms with Gasteiger partial charge in [-0.05, 0) is 100 Å². The Morgan fingerprint density at radius 2 is 0.925 bits per heavy atom. The van der Waals surface area contributed by atoms with Gasteiger partial charge in [0.2, 0.25) is 21.6 Å². The van der Waals surface area contributed by atoms with Crippen LogP contribution in [-0.2, 0) is 54.7 Å². The molecule has 0 amide bonds. The van der Waals surface area contributed by atoms with E-state index in [0.29, 0.717) is 11.1 Å². The van der Waals surface area contributed by atoms with Crippen molar-refractivity contribution in [3.63, 3.8) is 0 Å². The van der Waals surface area contributed by atoms with Crippen molar-refractivity contribution in [1.82, 2.24) is 9.13 Å². The Kier molecular flexibility index (Phi) is 11.6. The summed E-state index contributed by atoms with van der Waals surface area (Å²) in [6.45, 7) is 8.79. The molecule has 2 aromatic carbocycles. The van der Waals surface area contributed by atoms with E-state index in [1.54, 1.807) is 13.8 Å². The number of hydrogen-bond donors (Lipinski definition) is 4. The highest BCUT2D eigenvalue weighted by atomic mass is 32.2. The van der Waals surface area contributed by atoms with Crippen LogP contribution in [0.4, 0.5) is 22.7 Å². The van der Waals surface area contributed by atoms with Crippen LogP contribution in [0.2, 0.25) is 0 Å². The Morgan fingerprint density at radius 3 is 1.21 bits per heavy atom. The van der Waals surface area contributed by atoms with Crippen LogP contribution in [0.15, 0.2) is 76.2 Å². The molecule has 0 aliphatic rings. The molecule has 0 spiro atoms. The lowest BCUT2D eigenvalue weighted by Gasteiger charge is -2.14. The van der Waals surface area contributed by atoms with Gasteiger partial charge in [0.1, 0.15) is 22.9 Å². The number of aromatic nitrogens is 2. The average molecular weight is 793 g/mol. The average Bonchev–Trinajstić information content (AvgIpc) is 3.05. The van der Waals surface area contributed by atoms with E-state index >= 15 is 0 Å². The molecule has 4 aromatic rings. The maximum atomic E-state index is 13.6. The Balaban J connectivity index is 1.68. The minimum absolute atomic E-state index is 0.0208. The molecule has 21 heteroatoms. The van der Waals surface area contributed by atoms with Crippen molar-refractivity contribution in [3.05, 3.63) is 90.5 Å². The number of nitrogens with zero attached hydrogens (tertiary/aromatic N) is 6. The fraction of sp³-hybridized carbons (Fsp3) is 0.312. The van der Waals surface area contributed by atoms with E-state index < -0.39 is 64.5 Å². The molecule has 284 valence electrons. The van der Waals surface area contributed by atoms with Crippen LogP contribution in [0.25, 0.3) is 0 Å². The molecule has 0 aliphatic heterocycles. The van der Waals surface area contributed by atoms with Crippen molar-refractivity contribution >= 4 is 52.8 Å². The van der Waals surface area contributed by atoms with E-state index in [-0.39, 0.29) is 67.9 Å². The molecule has 2 heterocycles. The van der Waals surface area contributed by atoms with Crippen molar-refractivity contribution < 1.29 is 44.6 Å². The zero-order chi connectivity index (χ0) is 39.8. The van der Waals surface area contributed by atoms with Crippen molar-refractivity contribution in [2.45, 2.75) is 75.9 Å². The van der Waals surface area contributed by atoms with Gasteiger partial charge in [0.15, 0.2) is 0 Å². The summed E-state index contributed by atoms with van der Waals surface area (Å²) in [5, 5.41) is 37.6. The Labute approximate surface area is 304 Å². The number of hydrogen-bond acceptors (Lipinski definition) is 14. The maximum Gasteiger partial charge on any atom is 0.269 e. The van der Waals surface area contributed by atoms with Gasteiger partial charge in [-0.25, -0.2) is 8.42 Å². The van der Waals surface area contributed by atoms with Gasteiger partial charge in [-0.1, -0.05) is 0 Å². The number of sulfone groups is 1. The van der Waals surface area contributed by atoms with E-state index in [9.17, 15) is 54.2 Å². The molecule has 4 N–H and O–H groups in total. The first-order valence-electron chi connectivity index (χ1n) is 15.6. The second-order valence-corrected chi connectivity index (χ2v) is 16.8. The van der Waals surface area contributed by atoms with Crippen LogP contribution in [-0.4, -0.2) is 53.7 Å². The number of rotatable bonds is 12. The monoisotopic (exact) mass is 792 g/mol. The van der Waals surface area contributed by atoms with Crippen LogP contribution in [0, 0.1) is 27.7 Å². The number of benzene rings is 2. The van der Waals surface area contributed by atoms with Gasteiger partial charge < -0.3 is 10.2 Å². The number of aromatic hydroxyl groups is 2. The zero-order valence-corrected chi connectivity index (χ0v) is 31.7. The quantitative estimate of drug-likeness (QED) is 0.107. The van der Waals surface area contributed by atoms with Crippen LogP contribution >= 0.6 is 0 Å². The highest BCUT2D eigenvalue weighted by Gasteiger charge is 2.24. The summed E-state index contributed by atoms with van der Waals surface area (Å²) in [5.41, 5.74) is -1.64. The van der Waals surface area contributed by atoms with Gasteiger partial charge in [-0.2, -0.15) is 27.1 Å². The first kappa shape index (κ1) is 40.7. The summed E-state index contributed by atoms with van der Waals surface area (Å²) >= 11 is 0. The fourth-order valence-corrected chi connectivity index (χ4v) is 8.25. The van der Waals surface area contributed by atoms with Crippen molar-refractivity contribution in [3.8, 4) is 11.8 Å². The van der Waals surface area contributed by atoms with Crippen molar-refractivity contribution in [2.75, 3.05) is 0 Å². The van der Waals surface area contributed by atoms with E-state index in [1.807, 2.05) is 0 Å². The van der Waals surface area contributed by atoms with E-state index in [0.717, 1.165) is 9.13 Å². The summed E-state index contributed by atoms with van der Waals surface area (Å²) in [6.07, 6.45) is 0. The molecular formula is C32H36N6O12S3. The van der Waals surface area contributed by atoms with Crippen LogP contribution < -0.4 is 11.1 Å². The van der Waals surface area contributed by atoms with Crippen molar-refractivity contribution in [1.29, 1.82) is 0 Å². The molecule has 0 saturated heterocycles. The molecule has 0 saturated carbocycles. The summed E-state index contributed by atoms with van der Waals surface area (Å²) in [6, 6.07) is 7.97. The second-order valence-electron chi connectivity index (χ2n) is 11.9. The molecule has 0 unspecified atom stereocenters. The third-order valence-electron chi connectivity index (χ3n) is 8.32. The third-order valence-corrected chi connectivity index (χ3v) is 11.4. The molecule has 0 bridgehead atoms. The van der Waals surface area contributed by atoms with Gasteiger partial charge in [0, 0.05) is 24.2 Å². The predicted molar refractivity (Wildman–Crippen MR) is 192 cm³/mol. The van der Waals surface area contributed by atoms with E-state index in [2.05, 4.69) is 20.5 Å². The van der Waals surface area contributed by atoms with Gasteiger partial charge in [0.25, 0.3) is 31.4 Å². The molecular weight excluding hydrogens is 757 g/mol. The highest BCUT2D eigenvalue weighted by Crippen LogP contribution is 2.36. The van der Waals surface area contributed by atoms with E-state index in [4.69, 9.17) is 0 Å². The summed E-state index contributed by atoms with van der Waals surface area (Å²) in [5.74, 6) is -3.17. The normalized spacial score (nSPS) is 12.7. The number of azo groups is 2. The first-order valence-corrected chi connectivity index (χ1v) is 20.3. The van der Waals surface area contributed by atoms with Crippen LogP contribution in [0.5, 0.6) is 11.8 Å². The maximum absolute atomic E-state index is 13.6. The Hall–Kier alpha value is -5.09.